The highest BCUT2D eigenvalue weighted by Gasteiger charge is 2.40. The van der Waals surface area contributed by atoms with Crippen LogP contribution in [0, 0.1) is 6.92 Å². The predicted molar refractivity (Wildman–Crippen MR) is 125 cm³/mol. The van der Waals surface area contributed by atoms with Gasteiger partial charge in [-0.05, 0) is 31.9 Å². The molecule has 4 heterocycles. The van der Waals surface area contributed by atoms with Crippen LogP contribution in [0.2, 0.25) is 0 Å². The van der Waals surface area contributed by atoms with Crippen LogP contribution in [0.4, 0.5) is 11.6 Å². The number of rotatable bonds is 2. The number of benzene rings is 1. The van der Waals surface area contributed by atoms with E-state index in [9.17, 15) is 9.59 Å². The first-order valence-electron chi connectivity index (χ1n) is 10.7. The van der Waals surface area contributed by atoms with Crippen molar-refractivity contribution in [3.8, 4) is 0 Å². The summed E-state index contributed by atoms with van der Waals surface area (Å²) in [6, 6.07) is 9.72. The molecule has 170 valence electrons. The lowest BCUT2D eigenvalue weighted by Gasteiger charge is -2.39. The van der Waals surface area contributed by atoms with Gasteiger partial charge in [-0.1, -0.05) is 18.2 Å². The van der Waals surface area contributed by atoms with Crippen molar-refractivity contribution < 1.29 is 9.59 Å². The van der Waals surface area contributed by atoms with Gasteiger partial charge in [-0.15, -0.1) is 0 Å². The van der Waals surface area contributed by atoms with Gasteiger partial charge in [0.05, 0.1) is 17.8 Å². The molecule has 0 aliphatic carbocycles. The Morgan fingerprint density at radius 1 is 1.12 bits per heavy atom. The molecule has 0 radical (unpaired) electrons. The number of fused-ring (bicyclic) bond motifs is 1. The number of nitrogens with zero attached hydrogens (tertiary/aromatic N) is 4. The fourth-order valence-electron chi connectivity index (χ4n) is 4.29. The molecule has 1 saturated heterocycles. The number of aromatic amines is 1. The van der Waals surface area contributed by atoms with Gasteiger partial charge < -0.3 is 26.7 Å². The summed E-state index contributed by atoms with van der Waals surface area (Å²) in [5.74, 6) is 0.00552. The van der Waals surface area contributed by atoms with Gasteiger partial charge in [-0.2, -0.15) is 0 Å². The summed E-state index contributed by atoms with van der Waals surface area (Å²) < 4.78 is 0. The summed E-state index contributed by atoms with van der Waals surface area (Å²) in [5.41, 5.74) is 13.2. The zero-order valence-electron chi connectivity index (χ0n) is 18.2. The van der Waals surface area contributed by atoms with Crippen LogP contribution in [0.5, 0.6) is 0 Å². The first-order valence-corrected chi connectivity index (χ1v) is 10.7. The number of aromatic nitrogens is 3. The molecule has 0 bridgehead atoms. The minimum Gasteiger partial charge on any atom is -0.382 e. The van der Waals surface area contributed by atoms with E-state index in [0.717, 1.165) is 10.9 Å². The van der Waals surface area contributed by atoms with E-state index in [2.05, 4.69) is 30.6 Å². The number of piperidine rings is 1. The maximum Gasteiger partial charge on any atom is 0.280 e. The molecule has 11 nitrogen and oxygen atoms in total. The van der Waals surface area contributed by atoms with Crippen LogP contribution in [-0.2, 0) is 0 Å². The zero-order valence-corrected chi connectivity index (χ0v) is 18.2. The fourth-order valence-corrected chi connectivity index (χ4v) is 4.29. The molecule has 1 spiro atoms. The molecule has 7 N–H and O–H groups in total. The van der Waals surface area contributed by atoms with Crippen molar-refractivity contribution in [1.82, 2.24) is 30.5 Å². The Bertz CT molecular complexity index is 1260. The third-order valence-corrected chi connectivity index (χ3v) is 6.27. The molecule has 2 aliphatic heterocycles. The molecule has 2 aliphatic rings. The van der Waals surface area contributed by atoms with Gasteiger partial charge in [0.15, 0.2) is 17.5 Å². The second-order valence-electron chi connectivity index (χ2n) is 8.51. The van der Waals surface area contributed by atoms with Crippen molar-refractivity contribution in [3.05, 3.63) is 47.4 Å². The zero-order chi connectivity index (χ0) is 23.2. The predicted octanol–water partition coefficient (Wildman–Crippen LogP) is 0.795. The Balaban J connectivity index is 1.20. The van der Waals surface area contributed by atoms with Crippen molar-refractivity contribution in [3.63, 3.8) is 0 Å². The van der Waals surface area contributed by atoms with Crippen LogP contribution >= 0.6 is 0 Å². The second kappa shape index (κ2) is 7.76. The SMILES string of the molecule is Cc1nc(C(=O)NC2=NCC3(CCN(C(=O)c4cc5ccccc5[nH]4)CC3)N2)c(N)nc1N. The van der Waals surface area contributed by atoms with Crippen LogP contribution in [-0.4, -0.2) is 62.8 Å². The molecule has 2 amide bonds. The molecule has 11 heteroatoms. The minimum atomic E-state index is -0.502. The topological polar surface area (TPSA) is 167 Å². The number of hydrogen-bond donors (Lipinski definition) is 5. The number of aliphatic imine (C=N–C) groups is 1. The lowest BCUT2D eigenvalue weighted by Crippen LogP contribution is -2.57. The number of carbonyl (C=O) groups excluding carboxylic acids is 2. The lowest BCUT2D eigenvalue weighted by atomic mass is 9.88. The number of H-pyrrole nitrogens is 1. The highest BCUT2D eigenvalue weighted by Crippen LogP contribution is 2.27. The van der Waals surface area contributed by atoms with Crippen LogP contribution in [0.3, 0.4) is 0 Å². The van der Waals surface area contributed by atoms with Crippen LogP contribution in [0.25, 0.3) is 10.9 Å². The maximum absolute atomic E-state index is 13.0. The first kappa shape index (κ1) is 20.7. The number of amides is 2. The Labute approximate surface area is 189 Å². The second-order valence-corrected chi connectivity index (χ2v) is 8.51. The largest absolute Gasteiger partial charge is 0.382 e. The van der Waals surface area contributed by atoms with E-state index in [1.54, 1.807) is 6.92 Å². The normalized spacial score (nSPS) is 17.1. The van der Waals surface area contributed by atoms with Gasteiger partial charge in [0.2, 0.25) is 0 Å². The monoisotopic (exact) mass is 447 g/mol. The average Bonchev–Trinajstić information content (AvgIpc) is 3.40. The molecule has 0 saturated carbocycles. The van der Waals surface area contributed by atoms with Gasteiger partial charge in [-0.25, -0.2) is 9.97 Å². The molecule has 3 aromatic rings. The highest BCUT2D eigenvalue weighted by atomic mass is 16.2. The number of nitrogens with one attached hydrogen (secondary N) is 3. The van der Waals surface area contributed by atoms with Gasteiger partial charge in [0.1, 0.15) is 11.5 Å². The number of guanidine groups is 1. The molecular formula is C22H25N9O2. The highest BCUT2D eigenvalue weighted by molar-refractivity contribution is 6.07. The molecule has 0 unspecified atom stereocenters. The number of likely N-dealkylation sites (tertiary alicyclic amines) is 1. The van der Waals surface area contributed by atoms with E-state index < -0.39 is 5.91 Å². The Kier molecular flexibility index (Phi) is 4.88. The van der Waals surface area contributed by atoms with E-state index >= 15 is 0 Å². The Morgan fingerprint density at radius 3 is 2.64 bits per heavy atom. The molecule has 1 aromatic carbocycles. The number of carbonyl (C=O) groups is 2. The fraction of sp³-hybridized carbons (Fsp3) is 0.318. The van der Waals surface area contributed by atoms with Crippen molar-refractivity contribution in [2.75, 3.05) is 31.1 Å². The van der Waals surface area contributed by atoms with Crippen LogP contribution in [0.15, 0.2) is 35.3 Å². The van der Waals surface area contributed by atoms with E-state index in [-0.39, 0.29) is 28.8 Å². The number of nitrogen functional groups attached to an aromatic ring is 2. The van der Waals surface area contributed by atoms with Crippen LogP contribution < -0.4 is 22.1 Å². The van der Waals surface area contributed by atoms with Gasteiger partial charge in [-0.3, -0.25) is 19.9 Å². The van der Waals surface area contributed by atoms with Crippen molar-refractivity contribution in [2.45, 2.75) is 25.3 Å². The number of nitrogens with two attached hydrogens (primary N) is 2. The summed E-state index contributed by atoms with van der Waals surface area (Å²) in [7, 11) is 0. The molecule has 5 rings (SSSR count). The minimum absolute atomic E-state index is 0.00546. The van der Waals surface area contributed by atoms with Gasteiger partial charge in [0.25, 0.3) is 11.8 Å². The van der Waals surface area contributed by atoms with Crippen molar-refractivity contribution >= 4 is 40.3 Å². The molecule has 1 fully saturated rings. The Hall–Kier alpha value is -4.15. The number of aryl methyl sites for hydroxylation is 1. The summed E-state index contributed by atoms with van der Waals surface area (Å²) in [4.78, 5) is 43.2. The lowest BCUT2D eigenvalue weighted by molar-refractivity contribution is 0.0663. The number of hydrogen-bond acceptors (Lipinski definition) is 8. The standard InChI is InChI=1S/C22H25N9O2/c1-12-17(23)28-18(24)16(26-12)19(32)29-21-25-11-22(30-21)6-8-31(9-7-22)20(33)15-10-13-4-2-3-5-14(13)27-15/h2-5,10,27H,6-9,11H2,1H3,(H4,23,24,28)(H2,25,29,30,32). The molecule has 0 atom stereocenters. The van der Waals surface area contributed by atoms with Crippen molar-refractivity contribution in [1.29, 1.82) is 0 Å². The van der Waals surface area contributed by atoms with Crippen molar-refractivity contribution in [2.24, 2.45) is 4.99 Å². The molecule has 2 aromatic heterocycles. The maximum atomic E-state index is 13.0. The summed E-state index contributed by atoms with van der Waals surface area (Å²) in [5, 5.41) is 7.07. The van der Waals surface area contributed by atoms with Gasteiger partial charge >= 0.3 is 0 Å². The van der Waals surface area contributed by atoms with Crippen LogP contribution in [0.1, 0.15) is 39.5 Å². The third kappa shape index (κ3) is 3.81. The molecular weight excluding hydrogens is 422 g/mol. The summed E-state index contributed by atoms with van der Waals surface area (Å²) in [6.07, 6.45) is 1.43. The quantitative estimate of drug-likeness (QED) is 0.387. The van der Waals surface area contributed by atoms with E-state index in [4.69, 9.17) is 11.5 Å². The first-order chi connectivity index (χ1) is 15.8. The van der Waals surface area contributed by atoms with E-state index in [1.807, 2.05) is 35.2 Å². The average molecular weight is 448 g/mol. The third-order valence-electron chi connectivity index (χ3n) is 6.27. The molecule has 33 heavy (non-hydrogen) atoms. The number of anilines is 2. The van der Waals surface area contributed by atoms with Gasteiger partial charge in [0, 0.05) is 24.0 Å². The Morgan fingerprint density at radius 2 is 1.88 bits per heavy atom. The van der Waals surface area contributed by atoms with E-state index in [1.165, 1.54) is 0 Å². The summed E-state index contributed by atoms with van der Waals surface area (Å²) >= 11 is 0. The summed E-state index contributed by atoms with van der Waals surface area (Å²) in [6.45, 7) is 3.35. The number of para-hydroxylation sites is 1. The smallest absolute Gasteiger partial charge is 0.280 e. The van der Waals surface area contributed by atoms with E-state index in [0.29, 0.717) is 49.8 Å².